The van der Waals surface area contributed by atoms with E-state index in [1.165, 1.54) is 4.68 Å². The van der Waals surface area contributed by atoms with Crippen LogP contribution in [0.25, 0.3) is 0 Å². The SMILES string of the molecule is COc1ccccc1CCC(=O)N1CCC[C@@H](c2ccn(CC(=O)O)n2)C1. The summed E-state index contributed by atoms with van der Waals surface area (Å²) >= 11 is 0. The van der Waals surface area contributed by atoms with Crippen molar-refractivity contribution in [2.75, 3.05) is 20.2 Å². The third-order valence-corrected chi connectivity index (χ3v) is 4.95. The minimum Gasteiger partial charge on any atom is -0.496 e. The summed E-state index contributed by atoms with van der Waals surface area (Å²) < 4.78 is 6.78. The molecule has 2 aromatic rings. The number of benzene rings is 1. The first-order valence-electron chi connectivity index (χ1n) is 9.21. The molecule has 1 aromatic carbocycles. The summed E-state index contributed by atoms with van der Waals surface area (Å²) in [7, 11) is 1.64. The van der Waals surface area contributed by atoms with Crippen molar-refractivity contribution in [3.8, 4) is 5.75 Å². The third kappa shape index (κ3) is 4.87. The van der Waals surface area contributed by atoms with Crippen molar-refractivity contribution < 1.29 is 19.4 Å². The molecule has 0 spiro atoms. The van der Waals surface area contributed by atoms with Gasteiger partial charge in [0.2, 0.25) is 5.91 Å². The van der Waals surface area contributed by atoms with E-state index in [-0.39, 0.29) is 18.4 Å². The van der Waals surface area contributed by atoms with Crippen LogP contribution in [0.5, 0.6) is 5.75 Å². The Morgan fingerprint density at radius 1 is 1.30 bits per heavy atom. The Bertz CT molecular complexity index is 802. The topological polar surface area (TPSA) is 84.7 Å². The highest BCUT2D eigenvalue weighted by Gasteiger charge is 2.26. The predicted octanol–water partition coefficient (Wildman–Crippen LogP) is 2.32. The Morgan fingerprint density at radius 2 is 2.11 bits per heavy atom. The summed E-state index contributed by atoms with van der Waals surface area (Å²) in [6.45, 7) is 1.25. The smallest absolute Gasteiger partial charge is 0.325 e. The molecule has 3 rings (SSSR count). The van der Waals surface area contributed by atoms with Gasteiger partial charge >= 0.3 is 5.97 Å². The van der Waals surface area contributed by atoms with Crippen molar-refractivity contribution in [2.24, 2.45) is 0 Å². The van der Waals surface area contributed by atoms with Crippen molar-refractivity contribution >= 4 is 11.9 Å². The lowest BCUT2D eigenvalue weighted by Crippen LogP contribution is -2.39. The second-order valence-electron chi connectivity index (χ2n) is 6.82. The number of aliphatic carboxylic acids is 1. The lowest BCUT2D eigenvalue weighted by Gasteiger charge is -2.32. The van der Waals surface area contributed by atoms with E-state index in [4.69, 9.17) is 9.84 Å². The van der Waals surface area contributed by atoms with Crippen molar-refractivity contribution in [3.05, 3.63) is 47.8 Å². The monoisotopic (exact) mass is 371 g/mol. The van der Waals surface area contributed by atoms with Crippen LogP contribution in [0.3, 0.4) is 0 Å². The Labute approximate surface area is 158 Å². The molecule has 0 unspecified atom stereocenters. The highest BCUT2D eigenvalue weighted by atomic mass is 16.5. The molecular weight excluding hydrogens is 346 g/mol. The fraction of sp³-hybridized carbons (Fsp3) is 0.450. The molecule has 1 atom stereocenters. The maximum absolute atomic E-state index is 12.7. The average Bonchev–Trinajstić information content (AvgIpc) is 3.14. The summed E-state index contributed by atoms with van der Waals surface area (Å²) in [6.07, 6.45) is 4.67. The van der Waals surface area contributed by atoms with Gasteiger partial charge in [-0.3, -0.25) is 14.3 Å². The molecular formula is C20H25N3O4. The number of para-hydroxylation sites is 1. The number of likely N-dealkylation sites (tertiary alicyclic amines) is 1. The molecule has 0 saturated carbocycles. The molecule has 0 aliphatic carbocycles. The first-order valence-corrected chi connectivity index (χ1v) is 9.21. The quantitative estimate of drug-likeness (QED) is 0.807. The van der Waals surface area contributed by atoms with Crippen molar-refractivity contribution in [1.82, 2.24) is 14.7 Å². The lowest BCUT2D eigenvalue weighted by atomic mass is 9.94. The Morgan fingerprint density at radius 3 is 2.89 bits per heavy atom. The van der Waals surface area contributed by atoms with Crippen molar-refractivity contribution in [1.29, 1.82) is 0 Å². The van der Waals surface area contributed by atoms with Gasteiger partial charge in [-0.25, -0.2) is 0 Å². The number of ether oxygens (including phenoxy) is 1. The van der Waals surface area contributed by atoms with Gasteiger partial charge in [0.1, 0.15) is 12.3 Å². The van der Waals surface area contributed by atoms with Gasteiger partial charge in [0, 0.05) is 31.6 Å². The molecule has 7 heteroatoms. The van der Waals surface area contributed by atoms with Crippen LogP contribution in [0.1, 0.15) is 36.4 Å². The molecule has 1 N–H and O–H groups in total. The molecule has 0 radical (unpaired) electrons. The highest BCUT2D eigenvalue weighted by molar-refractivity contribution is 5.76. The zero-order valence-corrected chi connectivity index (χ0v) is 15.5. The molecule has 1 fully saturated rings. The van der Waals surface area contributed by atoms with Gasteiger partial charge < -0.3 is 14.7 Å². The molecule has 1 aliphatic rings. The van der Waals surface area contributed by atoms with Gasteiger partial charge in [0.05, 0.1) is 12.8 Å². The number of carbonyl (C=O) groups is 2. The van der Waals surface area contributed by atoms with Crippen molar-refractivity contribution in [2.45, 2.75) is 38.1 Å². The average molecular weight is 371 g/mol. The van der Waals surface area contributed by atoms with Gasteiger partial charge in [-0.15, -0.1) is 0 Å². The number of hydrogen-bond acceptors (Lipinski definition) is 4. The molecule has 1 saturated heterocycles. The number of carboxylic acids is 1. The normalized spacial score (nSPS) is 16.9. The van der Waals surface area contributed by atoms with E-state index in [1.54, 1.807) is 13.3 Å². The third-order valence-electron chi connectivity index (χ3n) is 4.95. The fourth-order valence-corrected chi connectivity index (χ4v) is 3.58. The van der Waals surface area contributed by atoms with Crippen LogP contribution >= 0.6 is 0 Å². The molecule has 2 heterocycles. The number of piperidine rings is 1. The number of rotatable bonds is 7. The summed E-state index contributed by atoms with van der Waals surface area (Å²) in [4.78, 5) is 25.4. The van der Waals surface area contributed by atoms with Crippen LogP contribution in [0, 0.1) is 0 Å². The molecule has 1 amide bonds. The number of carboxylic acid groups (broad SMARTS) is 1. The Balaban J connectivity index is 1.58. The number of amides is 1. The van der Waals surface area contributed by atoms with E-state index in [1.807, 2.05) is 35.2 Å². The van der Waals surface area contributed by atoms with Crippen LogP contribution in [0.4, 0.5) is 0 Å². The van der Waals surface area contributed by atoms with Crippen LogP contribution < -0.4 is 4.74 Å². The Hall–Kier alpha value is -2.83. The molecule has 144 valence electrons. The zero-order valence-electron chi connectivity index (χ0n) is 15.5. The van der Waals surface area contributed by atoms with Crippen LogP contribution in [0.2, 0.25) is 0 Å². The number of methoxy groups -OCH3 is 1. The minimum atomic E-state index is -0.915. The van der Waals surface area contributed by atoms with Crippen LogP contribution in [0.15, 0.2) is 36.5 Å². The summed E-state index contributed by atoms with van der Waals surface area (Å²) in [5.41, 5.74) is 1.90. The number of nitrogens with zero attached hydrogens (tertiary/aromatic N) is 3. The van der Waals surface area contributed by atoms with Gasteiger partial charge in [-0.2, -0.15) is 5.10 Å². The van der Waals surface area contributed by atoms with Crippen molar-refractivity contribution in [3.63, 3.8) is 0 Å². The van der Waals surface area contributed by atoms with E-state index in [9.17, 15) is 9.59 Å². The lowest BCUT2D eigenvalue weighted by molar-refractivity contribution is -0.138. The van der Waals surface area contributed by atoms with Gasteiger partial charge in [0.15, 0.2) is 0 Å². The number of aromatic nitrogens is 2. The highest BCUT2D eigenvalue weighted by Crippen LogP contribution is 2.26. The first kappa shape index (κ1) is 18.9. The Kier molecular flexibility index (Phi) is 6.11. The van der Waals surface area contributed by atoms with Gasteiger partial charge in [0.25, 0.3) is 0 Å². The maximum atomic E-state index is 12.7. The maximum Gasteiger partial charge on any atom is 0.325 e. The summed E-state index contributed by atoms with van der Waals surface area (Å²) in [5, 5.41) is 13.2. The molecule has 0 bridgehead atoms. The minimum absolute atomic E-state index is 0.135. The van der Waals surface area contributed by atoms with Gasteiger partial charge in [-0.05, 0) is 37.0 Å². The van der Waals surface area contributed by atoms with Crippen LogP contribution in [-0.2, 0) is 22.6 Å². The standard InChI is InChI=1S/C20H25N3O4/c1-27-18-7-3-2-5-15(18)8-9-19(24)22-11-4-6-16(13-22)17-10-12-23(21-17)14-20(25)26/h2-3,5,7,10,12,16H,4,6,8-9,11,13-14H2,1H3,(H,25,26)/t16-/m1/s1. The molecule has 27 heavy (non-hydrogen) atoms. The van der Waals surface area contributed by atoms with Crippen LogP contribution in [-0.4, -0.2) is 51.9 Å². The number of carbonyl (C=O) groups excluding carboxylic acids is 1. The molecule has 7 nitrogen and oxygen atoms in total. The van der Waals surface area contributed by atoms with E-state index in [2.05, 4.69) is 5.10 Å². The van der Waals surface area contributed by atoms with Gasteiger partial charge in [-0.1, -0.05) is 18.2 Å². The number of hydrogen-bond donors (Lipinski definition) is 1. The largest absolute Gasteiger partial charge is 0.496 e. The molecule has 1 aliphatic heterocycles. The van der Waals surface area contributed by atoms with E-state index in [0.717, 1.165) is 36.4 Å². The summed E-state index contributed by atoms with van der Waals surface area (Å²) in [5.74, 6) is 0.187. The summed E-state index contributed by atoms with van der Waals surface area (Å²) in [6, 6.07) is 9.62. The second-order valence-corrected chi connectivity index (χ2v) is 6.82. The van der Waals surface area contributed by atoms with E-state index in [0.29, 0.717) is 19.4 Å². The molecule has 1 aromatic heterocycles. The second kappa shape index (κ2) is 8.70. The van der Waals surface area contributed by atoms with E-state index < -0.39 is 5.97 Å². The first-order chi connectivity index (χ1) is 13.1. The zero-order chi connectivity index (χ0) is 19.2. The fourth-order valence-electron chi connectivity index (χ4n) is 3.58. The number of aryl methyl sites for hydroxylation is 1. The predicted molar refractivity (Wildman–Crippen MR) is 99.7 cm³/mol. The van der Waals surface area contributed by atoms with E-state index >= 15 is 0 Å².